The van der Waals surface area contributed by atoms with Crippen LogP contribution >= 0.6 is 11.3 Å². The average Bonchev–Trinajstić information content (AvgIpc) is 3.49. The van der Waals surface area contributed by atoms with E-state index in [0.717, 1.165) is 56.6 Å². The van der Waals surface area contributed by atoms with Crippen LogP contribution in [0.4, 0.5) is 0 Å². The van der Waals surface area contributed by atoms with E-state index in [1.54, 1.807) is 23.9 Å². The summed E-state index contributed by atoms with van der Waals surface area (Å²) >= 11 is 1.55. The molecular formula is C23H27N5O2S. The molecule has 2 aliphatic rings. The Morgan fingerprint density at radius 3 is 2.61 bits per heavy atom. The molecule has 162 valence electrons. The van der Waals surface area contributed by atoms with Crippen LogP contribution in [0.1, 0.15) is 71.5 Å². The molecule has 3 aromatic heterocycles. The lowest BCUT2D eigenvalue weighted by Crippen LogP contribution is -2.42. The molecule has 0 aromatic carbocycles. The maximum Gasteiger partial charge on any atom is 0.276 e. The largest absolute Gasteiger partial charge is 0.339 e. The van der Waals surface area contributed by atoms with E-state index in [1.807, 2.05) is 37.1 Å². The molecule has 0 saturated carbocycles. The first-order chi connectivity index (χ1) is 15.1. The maximum atomic E-state index is 13.2. The van der Waals surface area contributed by atoms with Gasteiger partial charge in [0.25, 0.3) is 11.8 Å². The Kier molecular flexibility index (Phi) is 5.48. The summed E-state index contributed by atoms with van der Waals surface area (Å²) in [6, 6.07) is 4.15. The van der Waals surface area contributed by atoms with E-state index in [1.165, 1.54) is 6.42 Å². The van der Waals surface area contributed by atoms with Crippen LogP contribution in [0.5, 0.6) is 0 Å². The third kappa shape index (κ3) is 3.73. The fraction of sp³-hybridized carbons (Fsp3) is 0.478. The molecular weight excluding hydrogens is 410 g/mol. The Labute approximate surface area is 185 Å². The molecule has 0 spiro atoms. The Balaban J connectivity index is 1.35. The molecule has 8 heteroatoms. The molecule has 7 nitrogen and oxygen atoms in total. The number of likely N-dealkylation sites (tertiary alicyclic amines) is 2. The molecule has 2 amide bonds. The fourth-order valence-corrected chi connectivity index (χ4v) is 5.52. The zero-order valence-corrected chi connectivity index (χ0v) is 18.6. The van der Waals surface area contributed by atoms with Crippen molar-refractivity contribution < 1.29 is 9.59 Å². The normalized spacial score (nSPS) is 20.4. The Bertz CT molecular complexity index is 1080. The van der Waals surface area contributed by atoms with Crippen molar-refractivity contribution in [1.29, 1.82) is 0 Å². The van der Waals surface area contributed by atoms with Crippen molar-refractivity contribution >= 4 is 28.8 Å². The number of piperidine rings is 2. The van der Waals surface area contributed by atoms with Crippen LogP contribution in [0.2, 0.25) is 0 Å². The average molecular weight is 438 g/mol. The van der Waals surface area contributed by atoms with Gasteiger partial charge >= 0.3 is 0 Å². The zero-order valence-electron chi connectivity index (χ0n) is 17.7. The van der Waals surface area contributed by atoms with Crippen LogP contribution in [0, 0.1) is 0 Å². The van der Waals surface area contributed by atoms with E-state index in [0.29, 0.717) is 17.3 Å². The van der Waals surface area contributed by atoms with E-state index in [4.69, 9.17) is 0 Å². The summed E-state index contributed by atoms with van der Waals surface area (Å²) < 4.78 is 1.98. The van der Waals surface area contributed by atoms with Gasteiger partial charge in [0.2, 0.25) is 0 Å². The first-order valence-corrected chi connectivity index (χ1v) is 12.0. The van der Waals surface area contributed by atoms with E-state index in [-0.39, 0.29) is 17.9 Å². The minimum absolute atomic E-state index is 0.0180. The van der Waals surface area contributed by atoms with Crippen LogP contribution in [0.15, 0.2) is 35.4 Å². The second-order valence-corrected chi connectivity index (χ2v) is 9.36. The molecule has 0 bridgehead atoms. The number of nitrogens with zero attached hydrogens (tertiary/aromatic N) is 5. The zero-order chi connectivity index (χ0) is 21.4. The van der Waals surface area contributed by atoms with Crippen LogP contribution in [0.3, 0.4) is 0 Å². The molecule has 0 aliphatic carbocycles. The van der Waals surface area contributed by atoms with Crippen molar-refractivity contribution in [2.24, 2.45) is 0 Å². The first-order valence-electron chi connectivity index (χ1n) is 11.1. The van der Waals surface area contributed by atoms with Crippen LogP contribution in [-0.4, -0.2) is 61.7 Å². The molecule has 5 heterocycles. The Morgan fingerprint density at radius 2 is 1.87 bits per heavy atom. The standard InChI is InChI=1S/C23H27N5O2S/c1-16-4-2-3-10-27(16)23(30)20-21-24-9-5-19(28(21)15-25-20)17-6-11-26(12-7-17)22(29)18-8-13-31-14-18/h5,8-9,13-17H,2-4,6-7,10-12H2,1H3/t16-/m0/s1. The number of aromatic nitrogens is 3. The summed E-state index contributed by atoms with van der Waals surface area (Å²) in [4.78, 5) is 38.7. The highest BCUT2D eigenvalue weighted by molar-refractivity contribution is 7.08. The number of thiophene rings is 1. The highest BCUT2D eigenvalue weighted by Crippen LogP contribution is 2.30. The van der Waals surface area contributed by atoms with Gasteiger partial charge in [-0.05, 0) is 56.5 Å². The number of hydrogen-bond donors (Lipinski definition) is 0. The number of imidazole rings is 1. The maximum absolute atomic E-state index is 13.2. The van der Waals surface area contributed by atoms with Gasteiger partial charge in [0.1, 0.15) is 6.33 Å². The van der Waals surface area contributed by atoms with Gasteiger partial charge in [-0.15, -0.1) is 0 Å². The van der Waals surface area contributed by atoms with Crippen molar-refractivity contribution in [3.05, 3.63) is 52.4 Å². The molecule has 0 unspecified atom stereocenters. The predicted molar refractivity (Wildman–Crippen MR) is 120 cm³/mol. The third-order valence-corrected chi connectivity index (χ3v) is 7.38. The number of carbonyl (C=O) groups is 2. The molecule has 2 fully saturated rings. The number of rotatable bonds is 3. The minimum Gasteiger partial charge on any atom is -0.339 e. The lowest BCUT2D eigenvalue weighted by molar-refractivity contribution is 0.0631. The molecule has 1 atom stereocenters. The Morgan fingerprint density at radius 1 is 1.03 bits per heavy atom. The van der Waals surface area contributed by atoms with Gasteiger partial charge in [0.15, 0.2) is 11.3 Å². The van der Waals surface area contributed by atoms with E-state index in [9.17, 15) is 9.59 Å². The molecule has 0 N–H and O–H groups in total. The highest BCUT2D eigenvalue weighted by Gasteiger charge is 2.30. The lowest BCUT2D eigenvalue weighted by Gasteiger charge is -2.33. The quantitative estimate of drug-likeness (QED) is 0.624. The second-order valence-electron chi connectivity index (χ2n) is 8.58. The minimum atomic E-state index is -0.0180. The summed E-state index contributed by atoms with van der Waals surface area (Å²) in [5, 5.41) is 3.85. The Hall–Kier alpha value is -2.74. The summed E-state index contributed by atoms with van der Waals surface area (Å²) in [6.07, 6.45) is 8.56. The monoisotopic (exact) mass is 437 g/mol. The van der Waals surface area contributed by atoms with Crippen LogP contribution < -0.4 is 0 Å². The molecule has 3 aromatic rings. The van der Waals surface area contributed by atoms with Gasteiger partial charge in [-0.3, -0.25) is 14.0 Å². The molecule has 2 aliphatic heterocycles. The van der Waals surface area contributed by atoms with E-state index in [2.05, 4.69) is 16.9 Å². The van der Waals surface area contributed by atoms with Gasteiger partial charge < -0.3 is 9.80 Å². The number of fused-ring (bicyclic) bond motifs is 1. The number of hydrogen-bond acceptors (Lipinski definition) is 5. The SMILES string of the molecule is C[C@H]1CCCCN1C(=O)c1ncn2c(C3CCN(C(=O)c4ccsc4)CC3)ccnc12. The summed E-state index contributed by atoms with van der Waals surface area (Å²) in [5.74, 6) is 0.407. The van der Waals surface area contributed by atoms with Crippen molar-refractivity contribution in [3.63, 3.8) is 0 Å². The fourth-order valence-electron chi connectivity index (χ4n) is 4.89. The lowest BCUT2D eigenvalue weighted by atomic mass is 9.93. The molecule has 5 rings (SSSR count). The second kappa shape index (κ2) is 8.42. The van der Waals surface area contributed by atoms with Gasteiger partial charge in [0, 0.05) is 48.9 Å². The van der Waals surface area contributed by atoms with Crippen molar-refractivity contribution in [3.8, 4) is 0 Å². The summed E-state index contributed by atoms with van der Waals surface area (Å²) in [5.41, 5.74) is 2.98. The van der Waals surface area contributed by atoms with Crippen molar-refractivity contribution in [1.82, 2.24) is 24.2 Å². The highest BCUT2D eigenvalue weighted by atomic mass is 32.1. The molecule has 31 heavy (non-hydrogen) atoms. The number of amides is 2. The van der Waals surface area contributed by atoms with Gasteiger partial charge in [0.05, 0.1) is 5.56 Å². The van der Waals surface area contributed by atoms with Gasteiger partial charge in [-0.2, -0.15) is 11.3 Å². The van der Waals surface area contributed by atoms with Gasteiger partial charge in [-0.1, -0.05) is 0 Å². The predicted octanol–water partition coefficient (Wildman–Crippen LogP) is 3.83. The van der Waals surface area contributed by atoms with E-state index >= 15 is 0 Å². The molecule has 0 radical (unpaired) electrons. The topological polar surface area (TPSA) is 70.8 Å². The molecule has 2 saturated heterocycles. The van der Waals surface area contributed by atoms with Crippen molar-refractivity contribution in [2.75, 3.05) is 19.6 Å². The van der Waals surface area contributed by atoms with Crippen LogP contribution in [0.25, 0.3) is 5.65 Å². The number of carbonyl (C=O) groups excluding carboxylic acids is 2. The van der Waals surface area contributed by atoms with Crippen molar-refractivity contribution in [2.45, 2.75) is 51.0 Å². The van der Waals surface area contributed by atoms with Gasteiger partial charge in [-0.25, -0.2) is 9.97 Å². The summed E-state index contributed by atoms with van der Waals surface area (Å²) in [6.45, 7) is 4.36. The van der Waals surface area contributed by atoms with E-state index < -0.39 is 0 Å². The first kappa shape index (κ1) is 20.2. The summed E-state index contributed by atoms with van der Waals surface area (Å²) in [7, 11) is 0. The third-order valence-electron chi connectivity index (χ3n) is 6.70. The smallest absolute Gasteiger partial charge is 0.276 e. The van der Waals surface area contributed by atoms with Crippen LogP contribution in [-0.2, 0) is 0 Å².